The number of hydrogen-bond donors (Lipinski definition) is 1. The molecular formula is C13H19N5O3. The Balaban J connectivity index is 3.08. The van der Waals surface area contributed by atoms with E-state index in [1.165, 1.54) is 12.1 Å². The molecule has 0 aliphatic carbocycles. The van der Waals surface area contributed by atoms with Crippen LogP contribution >= 0.6 is 0 Å². The zero-order valence-corrected chi connectivity index (χ0v) is 12.2. The number of nitriles is 1. The molecule has 1 N–H and O–H groups in total. The summed E-state index contributed by atoms with van der Waals surface area (Å²) in [7, 11) is 1.58. The second-order valence-electron chi connectivity index (χ2n) is 4.24. The smallest absolute Gasteiger partial charge is 0.276 e. The number of nitro groups is 1. The molecule has 0 bridgehead atoms. The van der Waals surface area contributed by atoms with Gasteiger partial charge in [0, 0.05) is 26.7 Å². The predicted octanol–water partition coefficient (Wildman–Crippen LogP) is 1.79. The highest BCUT2D eigenvalue weighted by molar-refractivity contribution is 5.56. The monoisotopic (exact) mass is 293 g/mol. The fraction of sp³-hybridized carbons (Fsp3) is 0.538. The van der Waals surface area contributed by atoms with Crippen molar-refractivity contribution in [1.82, 2.24) is 4.98 Å². The van der Waals surface area contributed by atoms with Crippen LogP contribution in [0.15, 0.2) is 12.1 Å². The van der Waals surface area contributed by atoms with E-state index in [4.69, 9.17) is 10.00 Å². The van der Waals surface area contributed by atoms with E-state index in [0.29, 0.717) is 44.3 Å². The van der Waals surface area contributed by atoms with Gasteiger partial charge >= 0.3 is 0 Å². The highest BCUT2D eigenvalue weighted by Gasteiger charge is 2.15. The van der Waals surface area contributed by atoms with Gasteiger partial charge in [-0.1, -0.05) is 0 Å². The number of anilines is 2. The second-order valence-corrected chi connectivity index (χ2v) is 4.24. The van der Waals surface area contributed by atoms with Crippen LogP contribution in [-0.4, -0.2) is 43.3 Å². The van der Waals surface area contributed by atoms with Crippen molar-refractivity contribution in [2.75, 3.05) is 43.6 Å². The van der Waals surface area contributed by atoms with Crippen molar-refractivity contribution >= 4 is 17.3 Å². The highest BCUT2D eigenvalue weighted by atomic mass is 16.6. The molecule has 8 nitrogen and oxygen atoms in total. The Bertz CT molecular complexity index is 515. The minimum atomic E-state index is -0.454. The maximum Gasteiger partial charge on any atom is 0.276 e. The topological polar surface area (TPSA) is 104 Å². The first kappa shape index (κ1) is 16.7. The Hall–Kier alpha value is -2.40. The molecule has 0 fully saturated rings. The van der Waals surface area contributed by atoms with Crippen LogP contribution in [0.25, 0.3) is 0 Å². The molecule has 8 heteroatoms. The molecule has 0 atom stereocenters. The lowest BCUT2D eigenvalue weighted by Crippen LogP contribution is -2.29. The Morgan fingerprint density at radius 2 is 2.29 bits per heavy atom. The lowest BCUT2D eigenvalue weighted by Gasteiger charge is -2.22. The average molecular weight is 293 g/mol. The summed E-state index contributed by atoms with van der Waals surface area (Å²) in [6.45, 7) is 3.91. The third-order valence-corrected chi connectivity index (χ3v) is 2.75. The molecule has 114 valence electrons. The number of nitrogens with one attached hydrogen (secondary N) is 1. The van der Waals surface area contributed by atoms with Crippen LogP contribution in [0, 0.1) is 21.4 Å². The number of methoxy groups -OCH3 is 1. The van der Waals surface area contributed by atoms with E-state index in [0.717, 1.165) is 0 Å². The van der Waals surface area contributed by atoms with Gasteiger partial charge in [0.25, 0.3) is 5.69 Å². The van der Waals surface area contributed by atoms with Crippen molar-refractivity contribution < 1.29 is 9.66 Å². The Morgan fingerprint density at radius 3 is 2.86 bits per heavy atom. The van der Waals surface area contributed by atoms with E-state index in [9.17, 15) is 10.1 Å². The van der Waals surface area contributed by atoms with Gasteiger partial charge in [0.05, 0.1) is 36.2 Å². The van der Waals surface area contributed by atoms with Crippen LogP contribution in [0.4, 0.5) is 17.3 Å². The fourth-order valence-corrected chi connectivity index (χ4v) is 1.77. The van der Waals surface area contributed by atoms with E-state index < -0.39 is 4.92 Å². The van der Waals surface area contributed by atoms with E-state index in [1.54, 1.807) is 12.0 Å². The molecule has 0 saturated carbocycles. The van der Waals surface area contributed by atoms with Crippen LogP contribution in [-0.2, 0) is 4.74 Å². The number of ether oxygens (including phenoxy) is 1. The normalized spacial score (nSPS) is 9.95. The molecule has 21 heavy (non-hydrogen) atoms. The first-order valence-corrected chi connectivity index (χ1v) is 6.63. The zero-order chi connectivity index (χ0) is 15.7. The summed E-state index contributed by atoms with van der Waals surface area (Å²) < 4.78 is 5.03. The molecule has 0 aliphatic heterocycles. The van der Waals surface area contributed by atoms with Crippen molar-refractivity contribution in [3.05, 3.63) is 22.2 Å². The van der Waals surface area contributed by atoms with Gasteiger partial charge in [0.1, 0.15) is 11.6 Å². The van der Waals surface area contributed by atoms with Crippen molar-refractivity contribution in [1.29, 1.82) is 5.26 Å². The molecule has 0 saturated heterocycles. The number of aromatic nitrogens is 1. The molecular weight excluding hydrogens is 274 g/mol. The van der Waals surface area contributed by atoms with Gasteiger partial charge in [-0.25, -0.2) is 4.98 Å². The molecule has 1 heterocycles. The molecule has 0 radical (unpaired) electrons. The molecule has 1 rings (SSSR count). The third-order valence-electron chi connectivity index (χ3n) is 2.75. The van der Waals surface area contributed by atoms with Crippen molar-refractivity contribution in [3.8, 4) is 6.07 Å². The minimum absolute atomic E-state index is 0.0321. The molecule has 1 aromatic heterocycles. The predicted molar refractivity (Wildman–Crippen MR) is 79.4 cm³/mol. The van der Waals surface area contributed by atoms with Gasteiger partial charge in [-0.3, -0.25) is 10.1 Å². The minimum Gasteiger partial charge on any atom is -0.383 e. The number of hydrogen-bond acceptors (Lipinski definition) is 7. The summed E-state index contributed by atoms with van der Waals surface area (Å²) in [5.41, 5.74) is -0.0321. The van der Waals surface area contributed by atoms with E-state index in [1.807, 2.05) is 6.92 Å². The van der Waals surface area contributed by atoms with E-state index in [2.05, 4.69) is 16.4 Å². The van der Waals surface area contributed by atoms with Gasteiger partial charge in [-0.05, 0) is 6.92 Å². The van der Waals surface area contributed by atoms with Gasteiger partial charge in [0.2, 0.25) is 0 Å². The SMILES string of the molecule is CCNc1cc([N+](=O)[O-])cc(N(CCC#N)CCOC)n1. The first-order chi connectivity index (χ1) is 10.1. The maximum atomic E-state index is 11.0. The summed E-state index contributed by atoms with van der Waals surface area (Å²) in [4.78, 5) is 16.7. The Labute approximate surface area is 123 Å². The van der Waals surface area contributed by atoms with Gasteiger partial charge in [-0.15, -0.1) is 0 Å². The summed E-state index contributed by atoms with van der Waals surface area (Å²) >= 11 is 0. The van der Waals surface area contributed by atoms with Crippen LogP contribution in [0.1, 0.15) is 13.3 Å². The number of nitrogens with zero attached hydrogens (tertiary/aromatic N) is 4. The van der Waals surface area contributed by atoms with E-state index >= 15 is 0 Å². The van der Waals surface area contributed by atoms with Crippen molar-refractivity contribution in [2.24, 2.45) is 0 Å². The zero-order valence-electron chi connectivity index (χ0n) is 12.2. The summed E-state index contributed by atoms with van der Waals surface area (Å²) in [6, 6.07) is 4.87. The van der Waals surface area contributed by atoms with Gasteiger partial charge in [-0.2, -0.15) is 5.26 Å². The lowest BCUT2D eigenvalue weighted by molar-refractivity contribution is -0.384. The molecule has 0 spiro atoms. The van der Waals surface area contributed by atoms with E-state index in [-0.39, 0.29) is 5.69 Å². The molecule has 0 amide bonds. The number of rotatable bonds is 9. The van der Waals surface area contributed by atoms with Crippen LogP contribution in [0.3, 0.4) is 0 Å². The van der Waals surface area contributed by atoms with Gasteiger partial charge < -0.3 is 15.0 Å². The summed E-state index contributed by atoms with van der Waals surface area (Å²) in [5, 5.41) is 22.7. The standard InChI is InChI=1S/C13H19N5O3/c1-3-15-12-9-11(18(19)20)10-13(16-12)17(6-4-5-14)7-8-21-2/h9-10H,3-4,6-8H2,1-2H3,(H,15,16). The van der Waals surface area contributed by atoms with Crippen molar-refractivity contribution in [2.45, 2.75) is 13.3 Å². The summed E-state index contributed by atoms with van der Waals surface area (Å²) in [5.74, 6) is 0.911. The van der Waals surface area contributed by atoms with Crippen molar-refractivity contribution in [3.63, 3.8) is 0 Å². The van der Waals surface area contributed by atoms with Crippen LogP contribution in [0.5, 0.6) is 0 Å². The number of pyridine rings is 1. The third kappa shape index (κ3) is 5.24. The molecule has 0 unspecified atom stereocenters. The largest absolute Gasteiger partial charge is 0.383 e. The Morgan fingerprint density at radius 1 is 1.52 bits per heavy atom. The quantitative estimate of drug-likeness (QED) is 0.546. The fourth-order valence-electron chi connectivity index (χ4n) is 1.77. The molecule has 0 aliphatic rings. The first-order valence-electron chi connectivity index (χ1n) is 6.63. The van der Waals surface area contributed by atoms with Gasteiger partial charge in [0.15, 0.2) is 0 Å². The second kappa shape index (κ2) is 8.71. The molecule has 1 aromatic rings. The Kier molecular flexibility index (Phi) is 6.91. The average Bonchev–Trinajstić information content (AvgIpc) is 2.47. The maximum absolute atomic E-state index is 11.0. The lowest BCUT2D eigenvalue weighted by atomic mass is 10.3. The van der Waals surface area contributed by atoms with Crippen LogP contribution in [0.2, 0.25) is 0 Å². The van der Waals surface area contributed by atoms with Crippen LogP contribution < -0.4 is 10.2 Å². The highest BCUT2D eigenvalue weighted by Crippen LogP contribution is 2.23. The summed E-state index contributed by atoms with van der Waals surface area (Å²) in [6.07, 6.45) is 0.310. The molecule has 0 aromatic carbocycles.